The Morgan fingerprint density at radius 3 is 2.50 bits per heavy atom. The number of hydrogen-bond acceptors (Lipinski definition) is 6. The minimum atomic E-state index is -1.00. The maximum atomic E-state index is 12.3. The third-order valence-electron chi connectivity index (χ3n) is 6.13. The number of aliphatic carboxylic acids is 1. The first-order chi connectivity index (χ1) is 15.4. The number of aromatic carboxylic acids is 1. The summed E-state index contributed by atoms with van der Waals surface area (Å²) in [5, 5.41) is 21.3. The molecule has 0 radical (unpaired) electrons. The van der Waals surface area contributed by atoms with Gasteiger partial charge in [-0.2, -0.15) is 4.37 Å². The van der Waals surface area contributed by atoms with Crippen LogP contribution in [0, 0.1) is 0 Å². The van der Waals surface area contributed by atoms with E-state index < -0.39 is 18.0 Å². The van der Waals surface area contributed by atoms with Gasteiger partial charge in [-0.15, -0.1) is 0 Å². The van der Waals surface area contributed by atoms with E-state index in [0.717, 1.165) is 21.3 Å². The minimum Gasteiger partial charge on any atom is -0.480 e. The van der Waals surface area contributed by atoms with E-state index in [9.17, 15) is 19.8 Å². The number of nitrogens with zero attached hydrogens (tertiary/aromatic N) is 4. The third kappa shape index (κ3) is 3.39. The van der Waals surface area contributed by atoms with Gasteiger partial charge in [0, 0.05) is 61.3 Å². The average Bonchev–Trinajstić information content (AvgIpc) is 3.35. The van der Waals surface area contributed by atoms with Gasteiger partial charge in [-0.1, -0.05) is 18.2 Å². The molecule has 2 aromatic carbocycles. The summed E-state index contributed by atoms with van der Waals surface area (Å²) in [6.45, 7) is 2.55. The number of benzene rings is 2. The summed E-state index contributed by atoms with van der Waals surface area (Å²) < 4.78 is 7.57. The maximum absolute atomic E-state index is 12.3. The first kappa shape index (κ1) is 20.5. The van der Waals surface area contributed by atoms with E-state index in [4.69, 9.17) is 0 Å². The van der Waals surface area contributed by atoms with Crippen LogP contribution in [0.3, 0.4) is 0 Å². The number of hydrogen-bond donors (Lipinski definition) is 2. The predicted molar refractivity (Wildman–Crippen MR) is 124 cm³/mol. The number of carbonyl (C=O) groups is 2. The highest BCUT2D eigenvalue weighted by molar-refractivity contribution is 7.13. The molecule has 0 aliphatic carbocycles. The molecule has 1 aliphatic rings. The molecule has 9 heteroatoms. The molecule has 3 heterocycles. The molecule has 5 rings (SSSR count). The molecule has 1 atom stereocenters. The Kier molecular flexibility index (Phi) is 5.07. The monoisotopic (exact) mass is 450 g/mol. The highest BCUT2D eigenvalue weighted by atomic mass is 32.1. The highest BCUT2D eigenvalue weighted by Crippen LogP contribution is 2.34. The summed E-state index contributed by atoms with van der Waals surface area (Å²) >= 11 is 1.48. The minimum absolute atomic E-state index is 0.182. The van der Waals surface area contributed by atoms with Crippen LogP contribution in [0.4, 0.5) is 5.82 Å². The molecule has 0 unspecified atom stereocenters. The Morgan fingerprint density at radius 2 is 1.78 bits per heavy atom. The molecular weight excluding hydrogens is 428 g/mol. The van der Waals surface area contributed by atoms with Gasteiger partial charge in [0.2, 0.25) is 0 Å². The van der Waals surface area contributed by atoms with Gasteiger partial charge in [-0.3, -0.25) is 9.69 Å². The van der Waals surface area contributed by atoms with E-state index >= 15 is 0 Å². The zero-order valence-electron chi connectivity index (χ0n) is 17.4. The zero-order valence-corrected chi connectivity index (χ0v) is 18.2. The van der Waals surface area contributed by atoms with Gasteiger partial charge in [0.05, 0.1) is 10.3 Å². The number of aryl methyl sites for hydroxylation is 1. The second-order valence-electron chi connectivity index (χ2n) is 8.00. The molecule has 32 heavy (non-hydrogen) atoms. The Hall–Kier alpha value is -3.43. The lowest BCUT2D eigenvalue weighted by atomic mass is 10.0. The molecule has 0 saturated carbocycles. The molecule has 0 spiro atoms. The van der Waals surface area contributed by atoms with Gasteiger partial charge >= 0.3 is 11.9 Å². The molecule has 1 saturated heterocycles. The van der Waals surface area contributed by atoms with Crippen molar-refractivity contribution in [2.45, 2.75) is 6.04 Å². The molecule has 4 aromatic rings. The van der Waals surface area contributed by atoms with Crippen LogP contribution in [-0.2, 0) is 11.8 Å². The fraction of sp³-hybridized carbons (Fsp3) is 0.261. The second kappa shape index (κ2) is 7.92. The number of rotatable bonds is 5. The van der Waals surface area contributed by atoms with Crippen LogP contribution in [-0.4, -0.2) is 62.2 Å². The van der Waals surface area contributed by atoms with Crippen LogP contribution in [0.5, 0.6) is 0 Å². The van der Waals surface area contributed by atoms with Crippen molar-refractivity contribution in [3.8, 4) is 0 Å². The molecule has 8 nitrogen and oxygen atoms in total. The van der Waals surface area contributed by atoms with Gasteiger partial charge in [-0.25, -0.2) is 4.79 Å². The van der Waals surface area contributed by atoms with E-state index in [1.165, 1.54) is 17.6 Å². The highest BCUT2D eigenvalue weighted by Gasteiger charge is 2.33. The number of fused-ring (bicyclic) bond motifs is 2. The average molecular weight is 451 g/mol. The van der Waals surface area contributed by atoms with Crippen molar-refractivity contribution in [2.24, 2.45) is 7.05 Å². The fourth-order valence-corrected chi connectivity index (χ4v) is 5.34. The van der Waals surface area contributed by atoms with Crippen molar-refractivity contribution < 1.29 is 19.8 Å². The quantitative estimate of drug-likeness (QED) is 0.481. The summed E-state index contributed by atoms with van der Waals surface area (Å²) in [7, 11) is 1.81. The first-order valence-electron chi connectivity index (χ1n) is 10.3. The zero-order chi connectivity index (χ0) is 22.4. The lowest BCUT2D eigenvalue weighted by Crippen LogP contribution is -2.49. The van der Waals surface area contributed by atoms with E-state index in [-0.39, 0.29) is 5.56 Å². The first-order valence-corrected chi connectivity index (χ1v) is 11.1. The Labute approximate surface area is 188 Å². The second-order valence-corrected chi connectivity index (χ2v) is 8.80. The van der Waals surface area contributed by atoms with Crippen LogP contribution in [0.2, 0.25) is 0 Å². The number of carboxylic acids is 2. The van der Waals surface area contributed by atoms with Crippen molar-refractivity contribution in [2.75, 3.05) is 31.1 Å². The summed E-state index contributed by atoms with van der Waals surface area (Å²) in [5.41, 5.74) is 1.57. The molecule has 2 aromatic heterocycles. The lowest BCUT2D eigenvalue weighted by Gasteiger charge is -2.38. The van der Waals surface area contributed by atoms with E-state index in [1.807, 2.05) is 24.1 Å². The van der Waals surface area contributed by atoms with Crippen LogP contribution in [0.25, 0.3) is 21.0 Å². The Balaban J connectivity index is 1.42. The van der Waals surface area contributed by atoms with Gasteiger partial charge in [-0.05, 0) is 35.8 Å². The number of piperazine rings is 1. The van der Waals surface area contributed by atoms with Crippen molar-refractivity contribution in [3.05, 3.63) is 59.8 Å². The van der Waals surface area contributed by atoms with Gasteiger partial charge in [0.1, 0.15) is 11.9 Å². The summed E-state index contributed by atoms with van der Waals surface area (Å²) in [4.78, 5) is 27.9. The van der Waals surface area contributed by atoms with Crippen molar-refractivity contribution in [3.63, 3.8) is 0 Å². The van der Waals surface area contributed by atoms with Crippen molar-refractivity contribution >= 4 is 50.3 Å². The van der Waals surface area contributed by atoms with Crippen molar-refractivity contribution in [1.29, 1.82) is 0 Å². The topological polar surface area (TPSA) is 98.9 Å². The summed E-state index contributed by atoms with van der Waals surface area (Å²) in [6.07, 6.45) is 1.80. The smallest absolute Gasteiger partial charge is 0.335 e. The van der Waals surface area contributed by atoms with Gasteiger partial charge < -0.3 is 19.7 Å². The lowest BCUT2D eigenvalue weighted by molar-refractivity contribution is -0.143. The largest absolute Gasteiger partial charge is 0.480 e. The normalized spacial score (nSPS) is 16.0. The van der Waals surface area contributed by atoms with Gasteiger partial charge in [0.15, 0.2) is 0 Å². The molecule has 164 valence electrons. The molecule has 2 N–H and O–H groups in total. The molecule has 1 aliphatic heterocycles. The molecule has 1 fully saturated rings. The van der Waals surface area contributed by atoms with Crippen LogP contribution in [0.1, 0.15) is 22.0 Å². The predicted octanol–water partition coefficient (Wildman–Crippen LogP) is 3.43. The summed E-state index contributed by atoms with van der Waals surface area (Å²) in [5.74, 6) is -0.953. The molecular formula is C23H22N4O4S. The van der Waals surface area contributed by atoms with E-state index in [1.54, 1.807) is 22.9 Å². The van der Waals surface area contributed by atoms with Crippen LogP contribution >= 0.6 is 11.5 Å². The van der Waals surface area contributed by atoms with E-state index in [2.05, 4.69) is 21.4 Å². The number of anilines is 1. The van der Waals surface area contributed by atoms with Crippen LogP contribution in [0.15, 0.2) is 48.7 Å². The number of aromatic nitrogens is 2. The van der Waals surface area contributed by atoms with E-state index in [0.29, 0.717) is 37.3 Å². The third-order valence-corrected chi connectivity index (χ3v) is 6.95. The molecule has 0 amide bonds. The van der Waals surface area contributed by atoms with Crippen molar-refractivity contribution in [1.82, 2.24) is 13.8 Å². The number of carboxylic acid groups (broad SMARTS) is 2. The van der Waals surface area contributed by atoms with Gasteiger partial charge in [0.25, 0.3) is 0 Å². The molecule has 0 bridgehead atoms. The fourth-order valence-electron chi connectivity index (χ4n) is 4.54. The van der Waals surface area contributed by atoms with Crippen LogP contribution < -0.4 is 4.90 Å². The summed E-state index contributed by atoms with van der Waals surface area (Å²) in [6, 6.07) is 12.2. The Morgan fingerprint density at radius 1 is 1.03 bits per heavy atom. The Bertz CT molecular complexity index is 1340. The SMILES string of the molecule is Cn1cc([C@H](C(=O)O)N2CCN(c3nsc4ccccc34)CC2)c2ccc(C(=O)O)cc21. The standard InChI is InChI=1S/C23H22N4O4S/c1-25-13-17(15-7-6-14(22(28)29)12-18(15)25)20(23(30)31)26-8-10-27(11-9-26)21-16-4-2-3-5-19(16)32-24-21/h2-7,12-13,20H,8-11H2,1H3,(H,28,29)(H,30,31)/t20-/m1/s1. The maximum Gasteiger partial charge on any atom is 0.335 e.